The lowest BCUT2D eigenvalue weighted by Gasteiger charge is -2.27. The number of halogens is 2. The second-order valence-corrected chi connectivity index (χ2v) is 9.68. The molecule has 3 aromatic carbocycles. The average molecular weight is 522 g/mol. The zero-order chi connectivity index (χ0) is 25.4. The van der Waals surface area contributed by atoms with Crippen LogP contribution in [-0.2, 0) is 14.3 Å². The van der Waals surface area contributed by atoms with Crippen LogP contribution in [0.2, 0.25) is 10.0 Å². The molecule has 9 heteroatoms. The number of amides is 2. The van der Waals surface area contributed by atoms with Crippen LogP contribution in [0, 0.1) is 11.8 Å². The summed E-state index contributed by atoms with van der Waals surface area (Å²) in [6.07, 6.45) is -1.02. The number of carbonyl (C=O) groups excluding carboxylic acids is 4. The second kappa shape index (κ2) is 8.00. The molecule has 2 aliphatic heterocycles. The van der Waals surface area contributed by atoms with Crippen molar-refractivity contribution in [1.29, 1.82) is 0 Å². The van der Waals surface area contributed by atoms with E-state index in [0.29, 0.717) is 11.3 Å². The summed E-state index contributed by atoms with van der Waals surface area (Å²) >= 11 is 12.2. The first-order chi connectivity index (χ1) is 17.3. The van der Waals surface area contributed by atoms with Crippen LogP contribution in [0.1, 0.15) is 32.4 Å². The monoisotopic (exact) mass is 521 g/mol. The van der Waals surface area contributed by atoms with Gasteiger partial charge in [0.2, 0.25) is 29.0 Å². The van der Waals surface area contributed by atoms with Crippen molar-refractivity contribution in [1.82, 2.24) is 0 Å². The number of Topliss-reactive ketones (excluding diaryl/α,β-unsaturated/α-hetero) is 2. The Labute approximate surface area is 215 Å². The summed E-state index contributed by atoms with van der Waals surface area (Å²) in [6.45, 7) is 0. The van der Waals surface area contributed by atoms with Gasteiger partial charge in [-0.2, -0.15) is 0 Å². The summed E-state index contributed by atoms with van der Waals surface area (Å²) in [5.41, 5.74) is -1.06. The molecule has 2 amide bonds. The van der Waals surface area contributed by atoms with Gasteiger partial charge in [-0.1, -0.05) is 59.6 Å². The molecule has 2 fully saturated rings. The summed E-state index contributed by atoms with van der Waals surface area (Å²) in [4.78, 5) is 56.2. The van der Waals surface area contributed by atoms with Crippen LogP contribution in [0.15, 0.2) is 66.7 Å². The normalized spacial score (nSPS) is 24.0. The van der Waals surface area contributed by atoms with Gasteiger partial charge in [0.05, 0.1) is 40.8 Å². The van der Waals surface area contributed by atoms with Crippen LogP contribution in [0.25, 0.3) is 0 Å². The van der Waals surface area contributed by atoms with Crippen molar-refractivity contribution < 1.29 is 28.7 Å². The summed E-state index contributed by atoms with van der Waals surface area (Å²) in [5, 5.41) is 0.414. The first kappa shape index (κ1) is 22.9. The molecule has 3 atom stereocenters. The number of methoxy groups -OCH3 is 1. The van der Waals surface area contributed by atoms with Gasteiger partial charge in [0, 0.05) is 11.1 Å². The summed E-state index contributed by atoms with van der Waals surface area (Å²) < 4.78 is 11.5. The maximum absolute atomic E-state index is 13.9. The summed E-state index contributed by atoms with van der Waals surface area (Å²) in [5.74, 6) is -4.40. The average Bonchev–Trinajstić information content (AvgIpc) is 3.46. The molecule has 0 aromatic heterocycles. The molecule has 180 valence electrons. The van der Waals surface area contributed by atoms with Crippen molar-refractivity contribution in [2.24, 2.45) is 11.8 Å². The van der Waals surface area contributed by atoms with E-state index in [4.69, 9.17) is 32.7 Å². The fraction of sp³-hybridized carbons (Fsp3) is 0.185. The van der Waals surface area contributed by atoms with Gasteiger partial charge in [-0.3, -0.25) is 19.2 Å². The third-order valence-electron chi connectivity index (χ3n) is 7.12. The van der Waals surface area contributed by atoms with Gasteiger partial charge in [-0.25, -0.2) is 4.90 Å². The molecule has 36 heavy (non-hydrogen) atoms. The molecular weight excluding hydrogens is 505 g/mol. The number of fused-ring (bicyclic) bond motifs is 3. The lowest BCUT2D eigenvalue weighted by atomic mass is 9.77. The smallest absolute Gasteiger partial charge is 0.241 e. The number of anilines is 1. The summed E-state index contributed by atoms with van der Waals surface area (Å²) in [6, 6.07) is 17.5. The highest BCUT2D eigenvalue weighted by Gasteiger charge is 2.74. The highest BCUT2D eigenvalue weighted by molar-refractivity contribution is 6.42. The van der Waals surface area contributed by atoms with Crippen molar-refractivity contribution in [3.63, 3.8) is 0 Å². The van der Waals surface area contributed by atoms with E-state index in [1.807, 2.05) is 0 Å². The van der Waals surface area contributed by atoms with Crippen molar-refractivity contribution in [2.75, 3.05) is 12.0 Å². The van der Waals surface area contributed by atoms with Crippen LogP contribution >= 0.6 is 23.2 Å². The SMILES string of the molecule is COc1ccc([C@H]2OC3(C(=O)c4ccccc4C3=O)[C@H]3C(=O)N(c4ccc(Cl)c(Cl)c4)C(=O)[C@@H]23)cc1. The fourth-order valence-corrected chi connectivity index (χ4v) is 5.78. The number of imide groups is 1. The number of nitrogens with zero attached hydrogens (tertiary/aromatic N) is 1. The third kappa shape index (κ3) is 2.91. The molecule has 2 saturated heterocycles. The maximum atomic E-state index is 13.9. The van der Waals surface area contributed by atoms with Crippen LogP contribution in [-0.4, -0.2) is 36.1 Å². The molecule has 0 radical (unpaired) electrons. The van der Waals surface area contributed by atoms with Crippen molar-refractivity contribution in [2.45, 2.75) is 11.7 Å². The van der Waals surface area contributed by atoms with Crippen LogP contribution < -0.4 is 9.64 Å². The molecule has 3 aromatic rings. The van der Waals surface area contributed by atoms with E-state index in [-0.39, 0.29) is 26.9 Å². The van der Waals surface area contributed by atoms with Crippen LogP contribution in [0.3, 0.4) is 0 Å². The Balaban J connectivity index is 1.53. The highest BCUT2D eigenvalue weighted by Crippen LogP contribution is 2.57. The van der Waals surface area contributed by atoms with E-state index in [0.717, 1.165) is 4.90 Å². The third-order valence-corrected chi connectivity index (χ3v) is 7.86. The van der Waals surface area contributed by atoms with E-state index in [9.17, 15) is 19.2 Å². The molecule has 0 saturated carbocycles. The Kier molecular flexibility index (Phi) is 5.09. The number of benzene rings is 3. The van der Waals surface area contributed by atoms with E-state index in [2.05, 4.69) is 0 Å². The van der Waals surface area contributed by atoms with Gasteiger partial charge >= 0.3 is 0 Å². The molecule has 1 spiro atoms. The molecule has 2 heterocycles. The van der Waals surface area contributed by atoms with Crippen LogP contribution in [0.5, 0.6) is 5.75 Å². The van der Waals surface area contributed by atoms with E-state index in [1.54, 1.807) is 36.4 Å². The zero-order valence-corrected chi connectivity index (χ0v) is 20.2. The zero-order valence-electron chi connectivity index (χ0n) is 18.7. The number of ketones is 2. The topological polar surface area (TPSA) is 90.0 Å². The highest BCUT2D eigenvalue weighted by atomic mass is 35.5. The van der Waals surface area contributed by atoms with E-state index in [1.165, 1.54) is 37.4 Å². The largest absolute Gasteiger partial charge is 0.497 e. The molecule has 0 bridgehead atoms. The van der Waals surface area contributed by atoms with Crippen molar-refractivity contribution in [3.8, 4) is 5.75 Å². The van der Waals surface area contributed by atoms with Gasteiger partial charge in [0.15, 0.2) is 0 Å². The lowest BCUT2D eigenvalue weighted by Crippen LogP contribution is -2.51. The summed E-state index contributed by atoms with van der Waals surface area (Å²) in [7, 11) is 1.52. The molecule has 0 unspecified atom stereocenters. The minimum absolute atomic E-state index is 0.157. The predicted octanol–water partition coefficient (Wildman–Crippen LogP) is 4.70. The number of hydrogen-bond acceptors (Lipinski definition) is 6. The van der Waals surface area contributed by atoms with E-state index >= 15 is 0 Å². The van der Waals surface area contributed by atoms with Crippen LogP contribution in [0.4, 0.5) is 5.69 Å². The second-order valence-electron chi connectivity index (χ2n) is 8.86. The number of rotatable bonds is 3. The number of ether oxygens (including phenoxy) is 2. The first-order valence-electron chi connectivity index (χ1n) is 11.1. The van der Waals surface area contributed by atoms with Gasteiger partial charge in [0.1, 0.15) is 5.75 Å². The predicted molar refractivity (Wildman–Crippen MR) is 131 cm³/mol. The Morgan fingerprint density at radius 1 is 0.833 bits per heavy atom. The van der Waals surface area contributed by atoms with Gasteiger partial charge in [-0.05, 0) is 35.9 Å². The Hall–Kier alpha value is -3.52. The quantitative estimate of drug-likeness (QED) is 0.366. The molecule has 0 N–H and O–H groups in total. The molecule has 3 aliphatic rings. The number of carbonyl (C=O) groups is 4. The molecule has 6 rings (SSSR count). The lowest BCUT2D eigenvalue weighted by molar-refractivity contribution is -0.127. The Morgan fingerprint density at radius 3 is 2.06 bits per heavy atom. The maximum Gasteiger partial charge on any atom is 0.241 e. The minimum atomic E-state index is -2.14. The van der Waals surface area contributed by atoms with Gasteiger partial charge < -0.3 is 9.47 Å². The van der Waals surface area contributed by atoms with Gasteiger partial charge in [-0.15, -0.1) is 0 Å². The van der Waals surface area contributed by atoms with Crippen molar-refractivity contribution in [3.05, 3.63) is 93.5 Å². The molecule has 7 nitrogen and oxygen atoms in total. The molecular formula is C27H17Cl2NO6. The Bertz CT molecular complexity index is 1450. The van der Waals surface area contributed by atoms with Crippen molar-refractivity contribution >= 4 is 52.3 Å². The fourth-order valence-electron chi connectivity index (χ4n) is 5.49. The van der Waals surface area contributed by atoms with Gasteiger partial charge in [0.25, 0.3) is 0 Å². The Morgan fingerprint density at radius 2 is 1.47 bits per heavy atom. The standard InChI is InChI=1S/C27H17Cl2NO6/c1-35-15-9-6-13(7-10-15)22-20-21(26(34)30(25(20)33)14-8-11-18(28)19(29)12-14)27(36-22)23(31)16-4-2-3-5-17(16)24(27)32/h2-12,20-22H,1H3/t20-,21-,22-/m1/s1. The first-order valence-corrected chi connectivity index (χ1v) is 11.9. The van der Waals surface area contributed by atoms with E-state index < -0.39 is 46.9 Å². The molecule has 1 aliphatic carbocycles. The minimum Gasteiger partial charge on any atom is -0.497 e. The number of hydrogen-bond donors (Lipinski definition) is 0.